The maximum absolute atomic E-state index is 4.71. The van der Waals surface area contributed by atoms with Crippen LogP contribution >= 0.6 is 11.3 Å². The fourth-order valence-corrected chi connectivity index (χ4v) is 2.89. The lowest BCUT2D eigenvalue weighted by atomic mass is 10.2. The average molecular weight is 269 g/mol. The molecular weight excluding hydrogens is 254 g/mol. The number of hydrogen-bond donors (Lipinski definition) is 0. The van der Waals surface area contributed by atoms with Crippen molar-refractivity contribution in [1.82, 2.24) is 9.97 Å². The van der Waals surface area contributed by atoms with Crippen molar-refractivity contribution in [3.8, 4) is 10.7 Å². The summed E-state index contributed by atoms with van der Waals surface area (Å²) in [6.07, 6.45) is 0. The highest BCUT2D eigenvalue weighted by Gasteiger charge is 2.11. The summed E-state index contributed by atoms with van der Waals surface area (Å²) >= 11 is 1.69. The fourth-order valence-electron chi connectivity index (χ4n) is 2.06. The second-order valence-corrected chi connectivity index (χ2v) is 5.68. The van der Waals surface area contributed by atoms with E-state index in [0.29, 0.717) is 0 Å². The fraction of sp³-hybridized carbons (Fsp3) is 0.200. The van der Waals surface area contributed by atoms with Crippen molar-refractivity contribution in [2.45, 2.75) is 6.92 Å². The standard InChI is InChI=1S/C15H15N3S/c1-10-8-13(19-9-10)14-16-12-7-5-4-6-11(12)15(17-14)18(2)3/h4-9H,1-3H3. The van der Waals surface area contributed by atoms with Gasteiger partial charge in [0.1, 0.15) is 5.82 Å². The van der Waals surface area contributed by atoms with E-state index in [1.807, 2.05) is 37.2 Å². The van der Waals surface area contributed by atoms with Crippen LogP contribution in [0.3, 0.4) is 0 Å². The molecule has 3 aromatic rings. The normalized spacial score (nSPS) is 10.9. The summed E-state index contributed by atoms with van der Waals surface area (Å²) in [6.45, 7) is 2.09. The molecule has 0 N–H and O–H groups in total. The molecular formula is C15H15N3S. The number of anilines is 1. The van der Waals surface area contributed by atoms with E-state index in [2.05, 4.69) is 29.4 Å². The van der Waals surface area contributed by atoms with Crippen LogP contribution in [0.4, 0.5) is 5.82 Å². The van der Waals surface area contributed by atoms with Gasteiger partial charge in [-0.05, 0) is 36.1 Å². The van der Waals surface area contributed by atoms with E-state index >= 15 is 0 Å². The van der Waals surface area contributed by atoms with Gasteiger partial charge in [-0.3, -0.25) is 0 Å². The molecule has 4 heteroatoms. The summed E-state index contributed by atoms with van der Waals surface area (Å²) in [5, 5.41) is 3.22. The third kappa shape index (κ3) is 2.19. The van der Waals surface area contributed by atoms with E-state index < -0.39 is 0 Å². The molecule has 2 heterocycles. The maximum Gasteiger partial charge on any atom is 0.172 e. The van der Waals surface area contributed by atoms with Crippen LogP contribution in [0, 0.1) is 6.92 Å². The van der Waals surface area contributed by atoms with E-state index in [9.17, 15) is 0 Å². The highest BCUT2D eigenvalue weighted by molar-refractivity contribution is 7.13. The molecule has 0 radical (unpaired) electrons. The van der Waals surface area contributed by atoms with Crippen LogP contribution in [0.2, 0.25) is 0 Å². The molecule has 3 nitrogen and oxygen atoms in total. The number of benzene rings is 1. The van der Waals surface area contributed by atoms with Crippen molar-refractivity contribution in [2.75, 3.05) is 19.0 Å². The quantitative estimate of drug-likeness (QED) is 0.709. The Labute approximate surface area is 116 Å². The molecule has 0 aliphatic rings. The molecule has 0 atom stereocenters. The van der Waals surface area contributed by atoms with Crippen LogP contribution in [0.5, 0.6) is 0 Å². The van der Waals surface area contributed by atoms with Gasteiger partial charge < -0.3 is 4.90 Å². The molecule has 0 saturated heterocycles. The van der Waals surface area contributed by atoms with Crippen LogP contribution < -0.4 is 4.90 Å². The van der Waals surface area contributed by atoms with E-state index in [-0.39, 0.29) is 0 Å². The first-order valence-electron chi connectivity index (χ1n) is 6.15. The van der Waals surface area contributed by atoms with E-state index in [1.165, 1.54) is 5.56 Å². The number of nitrogens with zero attached hydrogens (tertiary/aromatic N) is 3. The predicted molar refractivity (Wildman–Crippen MR) is 81.9 cm³/mol. The number of aromatic nitrogens is 2. The Kier molecular flexibility index (Phi) is 2.95. The van der Waals surface area contributed by atoms with Crippen molar-refractivity contribution < 1.29 is 0 Å². The summed E-state index contributed by atoms with van der Waals surface area (Å²) in [5.41, 5.74) is 2.24. The number of para-hydroxylation sites is 1. The average Bonchev–Trinajstić information content (AvgIpc) is 2.84. The van der Waals surface area contributed by atoms with Crippen molar-refractivity contribution in [2.24, 2.45) is 0 Å². The zero-order valence-electron chi connectivity index (χ0n) is 11.2. The molecule has 0 unspecified atom stereocenters. The van der Waals surface area contributed by atoms with Gasteiger partial charge in [0.2, 0.25) is 0 Å². The van der Waals surface area contributed by atoms with E-state index in [0.717, 1.165) is 27.4 Å². The van der Waals surface area contributed by atoms with Crippen molar-refractivity contribution in [3.63, 3.8) is 0 Å². The zero-order chi connectivity index (χ0) is 13.4. The second kappa shape index (κ2) is 4.63. The third-order valence-electron chi connectivity index (χ3n) is 2.96. The van der Waals surface area contributed by atoms with E-state index in [4.69, 9.17) is 4.98 Å². The highest BCUT2D eigenvalue weighted by Crippen LogP contribution is 2.29. The molecule has 0 aliphatic carbocycles. The van der Waals surface area contributed by atoms with Crippen molar-refractivity contribution >= 4 is 28.1 Å². The lowest BCUT2D eigenvalue weighted by molar-refractivity contribution is 1.07. The van der Waals surface area contributed by atoms with Gasteiger partial charge in [-0.25, -0.2) is 9.97 Å². The number of fused-ring (bicyclic) bond motifs is 1. The molecule has 0 saturated carbocycles. The molecule has 0 fully saturated rings. The molecule has 0 bridgehead atoms. The lowest BCUT2D eigenvalue weighted by Crippen LogP contribution is -2.12. The number of rotatable bonds is 2. The zero-order valence-corrected chi connectivity index (χ0v) is 12.0. The predicted octanol–water partition coefficient (Wildman–Crippen LogP) is 3.73. The lowest BCUT2D eigenvalue weighted by Gasteiger charge is -2.14. The Morgan fingerprint density at radius 3 is 2.58 bits per heavy atom. The molecule has 2 aromatic heterocycles. The van der Waals surface area contributed by atoms with E-state index in [1.54, 1.807) is 11.3 Å². The van der Waals surface area contributed by atoms with Crippen molar-refractivity contribution in [3.05, 3.63) is 41.3 Å². The monoisotopic (exact) mass is 269 g/mol. The highest BCUT2D eigenvalue weighted by atomic mass is 32.1. The smallest absolute Gasteiger partial charge is 0.172 e. The van der Waals surface area contributed by atoms with Gasteiger partial charge in [-0.1, -0.05) is 12.1 Å². The molecule has 0 spiro atoms. The van der Waals surface area contributed by atoms with Gasteiger partial charge >= 0.3 is 0 Å². The topological polar surface area (TPSA) is 29.0 Å². The van der Waals surface area contributed by atoms with Gasteiger partial charge in [0.15, 0.2) is 5.82 Å². The molecule has 1 aromatic carbocycles. The Morgan fingerprint density at radius 1 is 1.11 bits per heavy atom. The summed E-state index contributed by atoms with van der Waals surface area (Å²) in [4.78, 5) is 12.5. The van der Waals surface area contributed by atoms with Crippen molar-refractivity contribution in [1.29, 1.82) is 0 Å². The Hall–Kier alpha value is -1.94. The first-order valence-corrected chi connectivity index (χ1v) is 7.03. The van der Waals surface area contributed by atoms with Crippen LogP contribution in [0.25, 0.3) is 21.6 Å². The van der Waals surface area contributed by atoms with Crippen LogP contribution in [0.15, 0.2) is 35.7 Å². The Morgan fingerprint density at radius 2 is 1.89 bits per heavy atom. The molecule has 19 heavy (non-hydrogen) atoms. The summed E-state index contributed by atoms with van der Waals surface area (Å²) < 4.78 is 0. The maximum atomic E-state index is 4.71. The molecule has 0 aliphatic heterocycles. The third-order valence-corrected chi connectivity index (χ3v) is 4.00. The molecule has 0 amide bonds. The van der Waals surface area contributed by atoms with Gasteiger partial charge in [-0.15, -0.1) is 11.3 Å². The summed E-state index contributed by atoms with van der Waals surface area (Å²) in [6, 6.07) is 10.3. The molecule has 3 rings (SSSR count). The van der Waals surface area contributed by atoms with Crippen LogP contribution in [-0.2, 0) is 0 Å². The van der Waals surface area contributed by atoms with Gasteiger partial charge in [0.25, 0.3) is 0 Å². The number of aryl methyl sites for hydroxylation is 1. The van der Waals surface area contributed by atoms with Gasteiger partial charge in [0.05, 0.1) is 10.4 Å². The van der Waals surface area contributed by atoms with Crippen LogP contribution in [0.1, 0.15) is 5.56 Å². The van der Waals surface area contributed by atoms with Gasteiger partial charge in [0, 0.05) is 19.5 Å². The first-order chi connectivity index (χ1) is 9.15. The Bertz CT molecular complexity index is 731. The minimum atomic E-state index is 0.806. The van der Waals surface area contributed by atoms with Gasteiger partial charge in [-0.2, -0.15) is 0 Å². The first kappa shape index (κ1) is 12.1. The number of hydrogen-bond acceptors (Lipinski definition) is 4. The molecule has 96 valence electrons. The summed E-state index contributed by atoms with van der Waals surface area (Å²) in [7, 11) is 4.02. The minimum Gasteiger partial charge on any atom is -0.362 e. The minimum absolute atomic E-state index is 0.806. The van der Waals surface area contributed by atoms with Crippen LogP contribution in [-0.4, -0.2) is 24.1 Å². The number of thiophene rings is 1. The second-order valence-electron chi connectivity index (χ2n) is 4.77. The summed E-state index contributed by atoms with van der Waals surface area (Å²) in [5.74, 6) is 1.77. The largest absolute Gasteiger partial charge is 0.362 e. The Balaban J connectivity index is 2.27. The SMILES string of the molecule is Cc1csc(-c2nc(N(C)C)c3ccccc3n2)c1.